The summed E-state index contributed by atoms with van der Waals surface area (Å²) < 4.78 is 5.04. The van der Waals surface area contributed by atoms with E-state index in [-0.39, 0.29) is 17.7 Å². The van der Waals surface area contributed by atoms with Crippen molar-refractivity contribution in [1.82, 2.24) is 14.9 Å². The molecule has 1 amide bonds. The van der Waals surface area contributed by atoms with Crippen LogP contribution in [0.5, 0.6) is 0 Å². The number of carbonyl (C=O) groups excluding carboxylic acids is 1. The highest BCUT2D eigenvalue weighted by Crippen LogP contribution is 2.20. The molecular formula is C20H25N5O4. The number of amides is 1. The van der Waals surface area contributed by atoms with Gasteiger partial charge in [-0.15, -0.1) is 0 Å². The summed E-state index contributed by atoms with van der Waals surface area (Å²) in [5, 5.41) is 15.6. The van der Waals surface area contributed by atoms with Crippen LogP contribution in [0.2, 0.25) is 0 Å². The molecule has 1 fully saturated rings. The van der Waals surface area contributed by atoms with E-state index in [0.29, 0.717) is 37.1 Å². The number of hydrogen-bond donors (Lipinski definition) is 3. The number of nitrogens with zero attached hydrogens (tertiary/aromatic N) is 3. The van der Waals surface area contributed by atoms with Crippen molar-refractivity contribution < 1.29 is 19.4 Å². The summed E-state index contributed by atoms with van der Waals surface area (Å²) in [4.78, 5) is 33.6. The second-order valence-corrected chi connectivity index (χ2v) is 6.83. The number of aryl methyl sites for hydroxylation is 1. The number of carboxylic acid groups (broad SMARTS) is 1. The fourth-order valence-electron chi connectivity index (χ4n) is 3.18. The van der Waals surface area contributed by atoms with Gasteiger partial charge in [-0.3, -0.25) is 0 Å². The second kappa shape index (κ2) is 9.22. The Morgan fingerprint density at radius 3 is 2.69 bits per heavy atom. The van der Waals surface area contributed by atoms with Crippen molar-refractivity contribution in [3.8, 4) is 0 Å². The smallest absolute Gasteiger partial charge is 0.409 e. The number of ether oxygens (including phenoxy) is 1. The van der Waals surface area contributed by atoms with Gasteiger partial charge in [0, 0.05) is 36.6 Å². The molecule has 0 aliphatic carbocycles. The number of aromatic carboxylic acids is 1. The molecule has 2 aromatic rings. The van der Waals surface area contributed by atoms with E-state index in [9.17, 15) is 9.59 Å². The predicted molar refractivity (Wildman–Crippen MR) is 109 cm³/mol. The summed E-state index contributed by atoms with van der Waals surface area (Å²) in [6.45, 7) is 5.28. The maximum absolute atomic E-state index is 11.8. The van der Waals surface area contributed by atoms with E-state index in [1.807, 2.05) is 6.92 Å². The molecule has 3 N–H and O–H groups in total. The van der Waals surface area contributed by atoms with Crippen molar-refractivity contribution in [2.24, 2.45) is 0 Å². The number of carbonyl (C=O) groups is 2. The zero-order chi connectivity index (χ0) is 20.8. The number of hydrogen-bond acceptors (Lipinski definition) is 7. The highest BCUT2D eigenvalue weighted by Gasteiger charge is 2.24. The lowest BCUT2D eigenvalue weighted by Gasteiger charge is -2.31. The molecule has 29 heavy (non-hydrogen) atoms. The normalized spacial score (nSPS) is 14.3. The fourth-order valence-corrected chi connectivity index (χ4v) is 3.18. The SMILES string of the molecule is CCOC(=O)N1CCC(Nc2nc(C)cc(Nc3cccc(C(=O)O)c3)n2)CC1. The third kappa shape index (κ3) is 5.56. The molecule has 0 unspecified atom stereocenters. The summed E-state index contributed by atoms with van der Waals surface area (Å²) >= 11 is 0. The summed E-state index contributed by atoms with van der Waals surface area (Å²) in [5.74, 6) is 0.0898. The topological polar surface area (TPSA) is 117 Å². The molecule has 154 valence electrons. The van der Waals surface area contributed by atoms with Gasteiger partial charge in [-0.2, -0.15) is 4.98 Å². The Morgan fingerprint density at radius 1 is 1.24 bits per heavy atom. The zero-order valence-electron chi connectivity index (χ0n) is 16.5. The maximum Gasteiger partial charge on any atom is 0.409 e. The number of piperidine rings is 1. The first kappa shape index (κ1) is 20.4. The molecule has 1 aromatic carbocycles. The quantitative estimate of drug-likeness (QED) is 0.678. The Labute approximate surface area is 169 Å². The summed E-state index contributed by atoms with van der Waals surface area (Å²) in [7, 11) is 0. The van der Waals surface area contributed by atoms with Crippen LogP contribution in [-0.4, -0.2) is 57.8 Å². The van der Waals surface area contributed by atoms with E-state index in [2.05, 4.69) is 20.6 Å². The minimum Gasteiger partial charge on any atom is -0.478 e. The van der Waals surface area contributed by atoms with Crippen LogP contribution in [0.1, 0.15) is 35.8 Å². The molecule has 1 aliphatic heterocycles. The highest BCUT2D eigenvalue weighted by molar-refractivity contribution is 5.89. The Hall–Kier alpha value is -3.36. The summed E-state index contributed by atoms with van der Waals surface area (Å²) in [6, 6.07) is 8.50. The number of anilines is 3. The molecule has 9 heteroatoms. The summed E-state index contributed by atoms with van der Waals surface area (Å²) in [6.07, 6.45) is 1.28. The van der Waals surface area contributed by atoms with E-state index in [1.165, 1.54) is 6.07 Å². The Morgan fingerprint density at radius 2 is 2.00 bits per heavy atom. The average Bonchev–Trinajstić information content (AvgIpc) is 2.68. The first-order valence-electron chi connectivity index (χ1n) is 9.59. The minimum atomic E-state index is -0.982. The predicted octanol–water partition coefficient (Wildman–Crippen LogP) is 3.26. The third-order valence-electron chi connectivity index (χ3n) is 4.59. The van der Waals surface area contributed by atoms with Gasteiger partial charge in [-0.25, -0.2) is 14.6 Å². The molecule has 1 aromatic heterocycles. The Bertz CT molecular complexity index is 881. The van der Waals surface area contributed by atoms with Crippen LogP contribution in [0.4, 0.5) is 22.2 Å². The van der Waals surface area contributed by atoms with Gasteiger partial charge in [0.1, 0.15) is 5.82 Å². The molecule has 0 spiro atoms. The van der Waals surface area contributed by atoms with Crippen molar-refractivity contribution in [1.29, 1.82) is 0 Å². The van der Waals surface area contributed by atoms with Crippen LogP contribution < -0.4 is 10.6 Å². The van der Waals surface area contributed by atoms with Crippen molar-refractivity contribution in [2.75, 3.05) is 30.3 Å². The van der Waals surface area contributed by atoms with E-state index in [0.717, 1.165) is 18.5 Å². The fraction of sp³-hybridized carbons (Fsp3) is 0.400. The Kier molecular flexibility index (Phi) is 6.48. The molecule has 0 radical (unpaired) electrons. The summed E-state index contributed by atoms with van der Waals surface area (Å²) in [5.41, 5.74) is 1.62. The molecule has 0 bridgehead atoms. The van der Waals surface area contributed by atoms with Gasteiger partial charge in [-0.05, 0) is 44.9 Å². The van der Waals surface area contributed by atoms with Crippen LogP contribution in [0.25, 0.3) is 0 Å². The first-order valence-corrected chi connectivity index (χ1v) is 9.59. The zero-order valence-corrected chi connectivity index (χ0v) is 16.5. The Balaban J connectivity index is 1.63. The van der Waals surface area contributed by atoms with Crippen LogP contribution in [-0.2, 0) is 4.74 Å². The standard InChI is InChI=1S/C20H25N5O4/c1-3-29-20(28)25-9-7-15(8-10-25)23-19-21-13(2)11-17(24-19)22-16-6-4-5-14(12-16)18(26)27/h4-6,11-12,15H,3,7-10H2,1-2H3,(H,26,27)(H2,21,22,23,24). The van der Waals surface area contributed by atoms with Crippen molar-refractivity contribution in [2.45, 2.75) is 32.7 Å². The average molecular weight is 399 g/mol. The number of nitrogens with one attached hydrogen (secondary N) is 2. The second-order valence-electron chi connectivity index (χ2n) is 6.83. The molecule has 1 aliphatic rings. The van der Waals surface area contributed by atoms with Crippen molar-refractivity contribution >= 4 is 29.5 Å². The van der Waals surface area contributed by atoms with Crippen molar-refractivity contribution in [3.63, 3.8) is 0 Å². The third-order valence-corrected chi connectivity index (χ3v) is 4.59. The number of aromatic nitrogens is 2. The molecule has 0 atom stereocenters. The molecule has 2 heterocycles. The van der Waals surface area contributed by atoms with Crippen molar-refractivity contribution in [3.05, 3.63) is 41.6 Å². The van der Waals surface area contributed by atoms with Crippen LogP contribution in [0, 0.1) is 6.92 Å². The van der Waals surface area contributed by atoms with Gasteiger partial charge >= 0.3 is 12.1 Å². The van der Waals surface area contributed by atoms with Crippen LogP contribution in [0.15, 0.2) is 30.3 Å². The van der Waals surface area contributed by atoms with Gasteiger partial charge in [0.2, 0.25) is 5.95 Å². The largest absolute Gasteiger partial charge is 0.478 e. The van der Waals surface area contributed by atoms with E-state index < -0.39 is 5.97 Å². The number of benzene rings is 1. The number of carboxylic acids is 1. The van der Waals surface area contributed by atoms with Gasteiger partial charge in [-0.1, -0.05) is 6.07 Å². The monoisotopic (exact) mass is 399 g/mol. The number of rotatable bonds is 6. The van der Waals surface area contributed by atoms with Crippen LogP contribution in [0.3, 0.4) is 0 Å². The molecule has 3 rings (SSSR count). The molecule has 1 saturated heterocycles. The molecule has 0 saturated carbocycles. The molecule has 9 nitrogen and oxygen atoms in total. The molecular weight excluding hydrogens is 374 g/mol. The van der Waals surface area contributed by atoms with Gasteiger partial charge in [0.15, 0.2) is 0 Å². The highest BCUT2D eigenvalue weighted by atomic mass is 16.6. The maximum atomic E-state index is 11.8. The van der Waals surface area contributed by atoms with E-state index in [1.54, 1.807) is 36.1 Å². The first-order chi connectivity index (χ1) is 13.9. The lowest BCUT2D eigenvalue weighted by Crippen LogP contribution is -2.42. The van der Waals surface area contributed by atoms with Gasteiger partial charge in [0.25, 0.3) is 0 Å². The van der Waals surface area contributed by atoms with E-state index in [4.69, 9.17) is 9.84 Å². The number of likely N-dealkylation sites (tertiary alicyclic amines) is 1. The minimum absolute atomic E-state index is 0.158. The van der Waals surface area contributed by atoms with Gasteiger partial charge < -0.3 is 25.4 Å². The van der Waals surface area contributed by atoms with E-state index >= 15 is 0 Å². The van der Waals surface area contributed by atoms with Gasteiger partial charge in [0.05, 0.1) is 12.2 Å². The lowest BCUT2D eigenvalue weighted by molar-refractivity contribution is 0.0696. The lowest BCUT2D eigenvalue weighted by atomic mass is 10.1. The van der Waals surface area contributed by atoms with Crippen LogP contribution >= 0.6 is 0 Å².